The Morgan fingerprint density at radius 3 is 2.28 bits per heavy atom. The van der Waals surface area contributed by atoms with Crippen LogP contribution in [0.1, 0.15) is 25.5 Å². The Balaban J connectivity index is 2.04. The number of ether oxygens (including phenoxy) is 2. The van der Waals surface area contributed by atoms with E-state index in [9.17, 15) is 9.59 Å². The van der Waals surface area contributed by atoms with E-state index in [0.29, 0.717) is 22.2 Å². The number of hydrogen-bond acceptors (Lipinski definition) is 6. The van der Waals surface area contributed by atoms with Crippen molar-refractivity contribution in [3.63, 3.8) is 0 Å². The fourth-order valence-electron chi connectivity index (χ4n) is 3.03. The highest BCUT2D eigenvalue weighted by Gasteiger charge is 2.37. The van der Waals surface area contributed by atoms with E-state index in [1.165, 1.54) is 16.7 Å². The summed E-state index contributed by atoms with van der Waals surface area (Å²) in [5.74, 6) is -0.0890. The molecule has 0 fully saturated rings. The van der Waals surface area contributed by atoms with E-state index in [-0.39, 0.29) is 6.61 Å². The number of carbonyl (C=O) groups is 2. The second-order valence-corrected chi connectivity index (χ2v) is 6.94. The van der Waals surface area contributed by atoms with Crippen molar-refractivity contribution in [1.29, 1.82) is 0 Å². The molecule has 7 heteroatoms. The van der Waals surface area contributed by atoms with Gasteiger partial charge in [0.05, 0.1) is 12.2 Å². The maximum Gasteiger partial charge on any atom is 0.425 e. The van der Waals surface area contributed by atoms with Crippen molar-refractivity contribution in [3.05, 3.63) is 77.5 Å². The Hall–Kier alpha value is -3.06. The molecule has 0 radical (unpaired) electrons. The number of nitrogens with zero attached hydrogens (tertiary/aromatic N) is 2. The second-order valence-electron chi connectivity index (χ2n) is 6.17. The molecule has 0 saturated heterocycles. The topological polar surface area (TPSA) is 68.2 Å². The third kappa shape index (κ3) is 4.51. The number of esters is 1. The van der Waals surface area contributed by atoms with E-state index < -0.39 is 18.1 Å². The molecule has 1 amide bonds. The zero-order chi connectivity index (χ0) is 20.8. The highest BCUT2D eigenvalue weighted by atomic mass is 32.2. The van der Waals surface area contributed by atoms with Crippen molar-refractivity contribution in [3.8, 4) is 5.75 Å². The van der Waals surface area contributed by atoms with Gasteiger partial charge in [-0.15, -0.1) is 0 Å². The molecule has 6 nitrogen and oxygen atoms in total. The Bertz CT molecular complexity index is 942. The summed E-state index contributed by atoms with van der Waals surface area (Å²) in [6.45, 7) is 3.68. The van der Waals surface area contributed by atoms with E-state index in [1.54, 1.807) is 38.1 Å². The minimum Gasteiger partial charge on any atom is -0.463 e. The summed E-state index contributed by atoms with van der Waals surface area (Å²) in [6, 6.07) is 17.7. The summed E-state index contributed by atoms with van der Waals surface area (Å²) >= 11 is 1.31. The Labute approximate surface area is 174 Å². The van der Waals surface area contributed by atoms with Crippen molar-refractivity contribution in [2.24, 2.45) is 4.99 Å². The normalized spacial score (nSPS) is 16.3. The molecular formula is C22H22N2O4S. The molecule has 2 aromatic carbocycles. The molecule has 1 aliphatic rings. The van der Waals surface area contributed by atoms with Gasteiger partial charge in [-0.25, -0.2) is 19.5 Å². The van der Waals surface area contributed by atoms with Crippen molar-refractivity contribution < 1.29 is 19.1 Å². The summed E-state index contributed by atoms with van der Waals surface area (Å²) in [7, 11) is 0. The highest BCUT2D eigenvalue weighted by Crippen LogP contribution is 2.36. The maximum absolute atomic E-state index is 12.9. The van der Waals surface area contributed by atoms with Crippen LogP contribution in [0, 0.1) is 0 Å². The van der Waals surface area contributed by atoms with Gasteiger partial charge in [0.1, 0.15) is 11.8 Å². The summed E-state index contributed by atoms with van der Waals surface area (Å²) < 4.78 is 10.8. The average Bonchev–Trinajstić information content (AvgIpc) is 2.74. The van der Waals surface area contributed by atoms with Gasteiger partial charge in [-0.2, -0.15) is 0 Å². The van der Waals surface area contributed by atoms with Crippen molar-refractivity contribution in [1.82, 2.24) is 4.90 Å². The van der Waals surface area contributed by atoms with Crippen LogP contribution in [-0.4, -0.2) is 35.0 Å². The second kappa shape index (κ2) is 9.43. The monoisotopic (exact) mass is 410 g/mol. The first-order valence-corrected chi connectivity index (χ1v) is 10.4. The molecule has 150 valence electrons. The molecular weight excluding hydrogens is 388 g/mol. The largest absolute Gasteiger partial charge is 0.463 e. The van der Waals surface area contributed by atoms with Gasteiger partial charge >= 0.3 is 12.1 Å². The fraction of sp³-hybridized carbons (Fsp3) is 0.227. The van der Waals surface area contributed by atoms with E-state index in [4.69, 9.17) is 14.5 Å². The Kier molecular flexibility index (Phi) is 6.72. The lowest BCUT2D eigenvalue weighted by Crippen LogP contribution is -2.40. The van der Waals surface area contributed by atoms with Gasteiger partial charge in [-0.05, 0) is 37.8 Å². The van der Waals surface area contributed by atoms with Crippen LogP contribution in [0.5, 0.6) is 5.75 Å². The molecule has 0 bridgehead atoms. The van der Waals surface area contributed by atoms with Gasteiger partial charge in [0.25, 0.3) is 0 Å². The van der Waals surface area contributed by atoms with Gasteiger partial charge in [0.2, 0.25) is 0 Å². The number of hydrogen-bond donors (Lipinski definition) is 0. The fourth-order valence-corrected chi connectivity index (χ4v) is 3.64. The standard InChI is InChI=1S/C22H22N2O4S/c1-4-27-20(25)18-15(2)24(22(26)28-17-13-9-6-10-14-17)21(29-3)23-19(18)16-11-7-5-8-12-16/h5-14,19H,4H2,1-3H3. The minimum atomic E-state index is -0.630. The van der Waals surface area contributed by atoms with Crippen LogP contribution >= 0.6 is 11.8 Å². The average molecular weight is 410 g/mol. The quantitative estimate of drug-likeness (QED) is 0.678. The number of amides is 1. The van der Waals surface area contributed by atoms with Gasteiger partial charge in [0, 0.05) is 5.70 Å². The molecule has 29 heavy (non-hydrogen) atoms. The smallest absolute Gasteiger partial charge is 0.425 e. The predicted molar refractivity (Wildman–Crippen MR) is 114 cm³/mol. The number of carbonyl (C=O) groups excluding carboxylic acids is 2. The van der Waals surface area contributed by atoms with Crippen molar-refractivity contribution in [2.45, 2.75) is 19.9 Å². The van der Waals surface area contributed by atoms with E-state index in [2.05, 4.69) is 0 Å². The number of aliphatic imine (C=N–C) groups is 1. The van der Waals surface area contributed by atoms with Gasteiger partial charge in [0.15, 0.2) is 5.17 Å². The Morgan fingerprint density at radius 2 is 1.69 bits per heavy atom. The first-order chi connectivity index (χ1) is 14.1. The van der Waals surface area contributed by atoms with Crippen LogP contribution in [-0.2, 0) is 9.53 Å². The third-order valence-corrected chi connectivity index (χ3v) is 5.01. The zero-order valence-corrected chi connectivity index (χ0v) is 17.3. The Morgan fingerprint density at radius 1 is 1.07 bits per heavy atom. The lowest BCUT2D eigenvalue weighted by molar-refractivity contribution is -0.139. The van der Waals surface area contributed by atoms with E-state index in [1.807, 2.05) is 42.7 Å². The van der Waals surface area contributed by atoms with Crippen LogP contribution in [0.15, 0.2) is 76.9 Å². The number of allylic oxidation sites excluding steroid dienone is 1. The lowest BCUT2D eigenvalue weighted by atomic mass is 9.96. The van der Waals surface area contributed by atoms with E-state index >= 15 is 0 Å². The molecule has 2 aromatic rings. The van der Waals surface area contributed by atoms with Gasteiger partial charge in [-0.1, -0.05) is 60.3 Å². The van der Waals surface area contributed by atoms with Crippen molar-refractivity contribution >= 4 is 29.0 Å². The number of amidine groups is 1. The van der Waals surface area contributed by atoms with Crippen LogP contribution in [0.25, 0.3) is 0 Å². The molecule has 0 spiro atoms. The van der Waals surface area contributed by atoms with Crippen LogP contribution in [0.2, 0.25) is 0 Å². The molecule has 0 N–H and O–H groups in total. The maximum atomic E-state index is 12.9. The molecule has 3 rings (SSSR count). The molecule has 1 atom stereocenters. The zero-order valence-electron chi connectivity index (χ0n) is 16.5. The van der Waals surface area contributed by atoms with Gasteiger partial charge in [-0.3, -0.25) is 0 Å². The predicted octanol–water partition coefficient (Wildman–Crippen LogP) is 4.80. The molecule has 1 aliphatic heterocycles. The molecule has 1 unspecified atom stereocenters. The number of rotatable bonds is 4. The first-order valence-electron chi connectivity index (χ1n) is 9.18. The lowest BCUT2D eigenvalue weighted by Gasteiger charge is -2.32. The highest BCUT2D eigenvalue weighted by molar-refractivity contribution is 8.13. The SMILES string of the molecule is CCOC(=O)C1=C(C)N(C(=O)Oc2ccccc2)C(SC)=NC1c1ccccc1. The summed E-state index contributed by atoms with van der Waals surface area (Å²) in [4.78, 5) is 31.7. The summed E-state index contributed by atoms with van der Waals surface area (Å²) in [5, 5.41) is 0.449. The van der Waals surface area contributed by atoms with Crippen molar-refractivity contribution in [2.75, 3.05) is 12.9 Å². The number of thioether (sulfide) groups is 1. The molecule has 1 heterocycles. The van der Waals surface area contributed by atoms with Crippen LogP contribution in [0.4, 0.5) is 4.79 Å². The minimum absolute atomic E-state index is 0.227. The molecule has 0 aromatic heterocycles. The van der Waals surface area contributed by atoms with Gasteiger partial charge < -0.3 is 9.47 Å². The number of benzene rings is 2. The number of para-hydroxylation sites is 1. The first kappa shape index (κ1) is 20.7. The molecule has 0 aliphatic carbocycles. The summed E-state index contributed by atoms with van der Waals surface area (Å²) in [5.41, 5.74) is 1.61. The van der Waals surface area contributed by atoms with Crippen LogP contribution < -0.4 is 4.74 Å². The molecule has 0 saturated carbocycles. The summed E-state index contributed by atoms with van der Waals surface area (Å²) in [6.07, 6.45) is 1.20. The van der Waals surface area contributed by atoms with E-state index in [0.717, 1.165) is 5.56 Å². The van der Waals surface area contributed by atoms with Crippen LogP contribution in [0.3, 0.4) is 0 Å². The third-order valence-electron chi connectivity index (χ3n) is 4.35.